The summed E-state index contributed by atoms with van der Waals surface area (Å²) in [5.41, 5.74) is 1.32. The summed E-state index contributed by atoms with van der Waals surface area (Å²) in [6, 6.07) is 14.8. The number of ether oxygens (including phenoxy) is 2. The molecule has 2 aromatic rings. The first-order valence-electron chi connectivity index (χ1n) is 11.6. The van der Waals surface area contributed by atoms with Gasteiger partial charge in [-0.25, -0.2) is 0 Å². The van der Waals surface area contributed by atoms with Gasteiger partial charge in [0, 0.05) is 37.7 Å². The standard InChI is InChI=1S/C26H32N2O4/c1-31-24-10-4-3-9-23(24)26(30)28-17-7-8-20(18-28)19-32-22-13-11-21(12-14-22)25(29)27-15-5-2-6-16-27/h3-4,9-14,20H,2,5-8,15-19H2,1H3. The maximum absolute atomic E-state index is 13.0. The van der Waals surface area contributed by atoms with E-state index < -0.39 is 0 Å². The highest BCUT2D eigenvalue weighted by atomic mass is 16.5. The zero-order chi connectivity index (χ0) is 22.3. The summed E-state index contributed by atoms with van der Waals surface area (Å²) in [7, 11) is 1.59. The molecule has 2 amide bonds. The third-order valence-corrected chi connectivity index (χ3v) is 6.37. The van der Waals surface area contributed by atoms with Gasteiger partial charge in [-0.1, -0.05) is 12.1 Å². The van der Waals surface area contributed by atoms with Crippen LogP contribution in [0.1, 0.15) is 52.8 Å². The van der Waals surface area contributed by atoms with Crippen LogP contribution in [-0.4, -0.2) is 61.5 Å². The van der Waals surface area contributed by atoms with Crippen molar-refractivity contribution in [1.29, 1.82) is 0 Å². The molecule has 32 heavy (non-hydrogen) atoms. The van der Waals surface area contributed by atoms with Crippen LogP contribution in [0.3, 0.4) is 0 Å². The maximum Gasteiger partial charge on any atom is 0.257 e. The van der Waals surface area contributed by atoms with Crippen LogP contribution in [0.25, 0.3) is 0 Å². The molecule has 2 aliphatic rings. The summed E-state index contributed by atoms with van der Waals surface area (Å²) < 4.78 is 11.4. The monoisotopic (exact) mass is 436 g/mol. The summed E-state index contributed by atoms with van der Waals surface area (Å²) in [6.07, 6.45) is 5.37. The second kappa shape index (κ2) is 10.5. The molecule has 0 aromatic heterocycles. The number of amides is 2. The van der Waals surface area contributed by atoms with Crippen molar-refractivity contribution in [3.8, 4) is 11.5 Å². The van der Waals surface area contributed by atoms with E-state index in [0.717, 1.165) is 51.1 Å². The van der Waals surface area contributed by atoms with Crippen molar-refractivity contribution < 1.29 is 19.1 Å². The van der Waals surface area contributed by atoms with E-state index in [1.54, 1.807) is 7.11 Å². The van der Waals surface area contributed by atoms with E-state index in [-0.39, 0.29) is 17.7 Å². The van der Waals surface area contributed by atoms with Gasteiger partial charge >= 0.3 is 0 Å². The van der Waals surface area contributed by atoms with Gasteiger partial charge in [-0.15, -0.1) is 0 Å². The van der Waals surface area contributed by atoms with E-state index in [2.05, 4.69) is 0 Å². The molecule has 2 aliphatic heterocycles. The highest BCUT2D eigenvalue weighted by Crippen LogP contribution is 2.24. The third kappa shape index (κ3) is 5.23. The number of benzene rings is 2. The first kappa shape index (κ1) is 22.2. The number of hydrogen-bond donors (Lipinski definition) is 0. The Morgan fingerprint density at radius 1 is 0.875 bits per heavy atom. The first-order chi connectivity index (χ1) is 15.7. The minimum Gasteiger partial charge on any atom is -0.496 e. The van der Waals surface area contributed by atoms with Crippen molar-refractivity contribution in [2.24, 2.45) is 5.92 Å². The van der Waals surface area contributed by atoms with Crippen LogP contribution in [-0.2, 0) is 0 Å². The van der Waals surface area contributed by atoms with Crippen LogP contribution in [0.4, 0.5) is 0 Å². The second-order valence-corrected chi connectivity index (χ2v) is 8.65. The Morgan fingerprint density at radius 3 is 2.34 bits per heavy atom. The van der Waals surface area contributed by atoms with Gasteiger partial charge in [0.15, 0.2) is 0 Å². The van der Waals surface area contributed by atoms with Gasteiger partial charge in [-0.3, -0.25) is 9.59 Å². The predicted molar refractivity (Wildman–Crippen MR) is 123 cm³/mol. The van der Waals surface area contributed by atoms with Crippen LogP contribution >= 0.6 is 0 Å². The maximum atomic E-state index is 13.0. The molecule has 4 rings (SSSR count). The van der Waals surface area contributed by atoms with Crippen LogP contribution in [0.15, 0.2) is 48.5 Å². The lowest BCUT2D eigenvalue weighted by Crippen LogP contribution is -2.41. The van der Waals surface area contributed by atoms with Gasteiger partial charge in [-0.05, 0) is 68.5 Å². The summed E-state index contributed by atoms with van der Waals surface area (Å²) in [6.45, 7) is 3.67. The number of hydrogen-bond acceptors (Lipinski definition) is 4. The molecule has 2 fully saturated rings. The lowest BCUT2D eigenvalue weighted by atomic mass is 9.98. The van der Waals surface area contributed by atoms with Gasteiger partial charge in [0.05, 0.1) is 19.3 Å². The number of carbonyl (C=O) groups excluding carboxylic acids is 2. The molecule has 0 N–H and O–H groups in total. The van der Waals surface area contributed by atoms with Crippen molar-refractivity contribution in [2.75, 3.05) is 39.9 Å². The molecule has 2 saturated heterocycles. The number of rotatable bonds is 6. The van der Waals surface area contributed by atoms with E-state index >= 15 is 0 Å². The lowest BCUT2D eigenvalue weighted by molar-refractivity contribution is 0.0630. The fraction of sp³-hybridized carbons (Fsp3) is 0.462. The Morgan fingerprint density at radius 2 is 1.59 bits per heavy atom. The number of carbonyl (C=O) groups is 2. The number of likely N-dealkylation sites (tertiary alicyclic amines) is 2. The summed E-state index contributed by atoms with van der Waals surface area (Å²) >= 11 is 0. The molecule has 170 valence electrons. The average Bonchev–Trinajstić information content (AvgIpc) is 2.87. The summed E-state index contributed by atoms with van der Waals surface area (Å²) in [5, 5.41) is 0. The minimum atomic E-state index is 0.00716. The molecule has 0 aliphatic carbocycles. The van der Waals surface area contributed by atoms with Gasteiger partial charge < -0.3 is 19.3 Å². The third-order valence-electron chi connectivity index (χ3n) is 6.37. The predicted octanol–water partition coefficient (Wildman–Crippen LogP) is 4.25. The van der Waals surface area contributed by atoms with Gasteiger partial charge in [0.1, 0.15) is 11.5 Å². The Bertz CT molecular complexity index is 922. The minimum absolute atomic E-state index is 0.00716. The number of para-hydroxylation sites is 1. The highest BCUT2D eigenvalue weighted by Gasteiger charge is 2.26. The molecule has 0 bridgehead atoms. The molecule has 6 nitrogen and oxygen atoms in total. The zero-order valence-corrected chi connectivity index (χ0v) is 18.8. The fourth-order valence-electron chi connectivity index (χ4n) is 4.56. The van der Waals surface area contributed by atoms with E-state index in [9.17, 15) is 9.59 Å². The molecular weight excluding hydrogens is 404 g/mol. The molecule has 6 heteroatoms. The largest absolute Gasteiger partial charge is 0.496 e. The van der Waals surface area contributed by atoms with Crippen LogP contribution in [0.2, 0.25) is 0 Å². The summed E-state index contributed by atoms with van der Waals surface area (Å²) in [4.78, 5) is 29.5. The Kier molecular flexibility index (Phi) is 7.30. The van der Waals surface area contributed by atoms with E-state index in [1.165, 1.54) is 6.42 Å². The number of methoxy groups -OCH3 is 1. The molecule has 1 atom stereocenters. The first-order valence-corrected chi connectivity index (χ1v) is 11.6. The zero-order valence-electron chi connectivity index (χ0n) is 18.8. The molecular formula is C26H32N2O4. The van der Waals surface area contributed by atoms with Crippen molar-refractivity contribution in [2.45, 2.75) is 32.1 Å². The van der Waals surface area contributed by atoms with Crippen LogP contribution < -0.4 is 9.47 Å². The van der Waals surface area contributed by atoms with Crippen LogP contribution in [0.5, 0.6) is 11.5 Å². The smallest absolute Gasteiger partial charge is 0.257 e. The quantitative estimate of drug-likeness (QED) is 0.679. The van der Waals surface area contributed by atoms with Gasteiger partial charge in [-0.2, -0.15) is 0 Å². The lowest BCUT2D eigenvalue weighted by Gasteiger charge is -2.33. The Balaban J connectivity index is 1.31. The molecule has 1 unspecified atom stereocenters. The Hall–Kier alpha value is -3.02. The van der Waals surface area contributed by atoms with Crippen LogP contribution in [0, 0.1) is 5.92 Å². The molecule has 2 aromatic carbocycles. The number of piperidine rings is 2. The van der Waals surface area contributed by atoms with E-state index in [0.29, 0.717) is 30.0 Å². The molecule has 0 spiro atoms. The molecule has 0 radical (unpaired) electrons. The van der Waals surface area contributed by atoms with Crippen molar-refractivity contribution in [1.82, 2.24) is 9.80 Å². The SMILES string of the molecule is COc1ccccc1C(=O)N1CCCC(COc2ccc(C(=O)N3CCCCC3)cc2)C1. The number of nitrogens with zero attached hydrogens (tertiary/aromatic N) is 2. The van der Waals surface area contributed by atoms with Crippen molar-refractivity contribution >= 4 is 11.8 Å². The fourth-order valence-corrected chi connectivity index (χ4v) is 4.56. The topological polar surface area (TPSA) is 59.1 Å². The van der Waals surface area contributed by atoms with E-state index in [1.807, 2.05) is 58.3 Å². The van der Waals surface area contributed by atoms with Crippen molar-refractivity contribution in [3.05, 3.63) is 59.7 Å². The Labute approximate surface area is 190 Å². The van der Waals surface area contributed by atoms with Crippen molar-refractivity contribution in [3.63, 3.8) is 0 Å². The highest BCUT2D eigenvalue weighted by molar-refractivity contribution is 5.97. The average molecular weight is 437 g/mol. The van der Waals surface area contributed by atoms with Gasteiger partial charge in [0.2, 0.25) is 0 Å². The summed E-state index contributed by atoms with van der Waals surface area (Å²) in [5.74, 6) is 1.75. The molecule has 0 saturated carbocycles. The molecule has 2 heterocycles. The van der Waals surface area contributed by atoms with Gasteiger partial charge in [0.25, 0.3) is 11.8 Å². The normalized spacial score (nSPS) is 18.8. The second-order valence-electron chi connectivity index (χ2n) is 8.65. The van der Waals surface area contributed by atoms with E-state index in [4.69, 9.17) is 9.47 Å².